The third-order valence-corrected chi connectivity index (χ3v) is 5.99. The van der Waals surface area contributed by atoms with Gasteiger partial charge < -0.3 is 0 Å². The molecule has 0 aliphatic heterocycles. The molecule has 0 aliphatic rings. The lowest BCUT2D eigenvalue weighted by atomic mass is 9.34. The first kappa shape index (κ1) is 19.5. The monoisotopic (exact) mass is 374 g/mol. The highest BCUT2D eigenvalue weighted by Gasteiger charge is 2.28. The minimum Gasteiger partial charge on any atom is -0.0680 e. The van der Waals surface area contributed by atoms with Gasteiger partial charge in [-0.2, -0.15) is 0 Å². The lowest BCUT2D eigenvalue weighted by molar-refractivity contribution is 1.34. The van der Waals surface area contributed by atoms with E-state index in [0.717, 1.165) is 10.8 Å². The Morgan fingerprint density at radius 2 is 1.00 bits per heavy atom. The summed E-state index contributed by atoms with van der Waals surface area (Å²) in [5, 5.41) is 2.24. The molecule has 0 aromatic heterocycles. The molecule has 142 valence electrons. The summed E-state index contributed by atoms with van der Waals surface area (Å²) in [6, 6.07) is 26.6. The maximum absolute atomic E-state index is 3.39. The van der Waals surface area contributed by atoms with Crippen molar-refractivity contribution in [3.05, 3.63) is 100 Å². The van der Waals surface area contributed by atoms with Gasteiger partial charge >= 0.3 is 0 Å². The number of aryl methyl sites for hydroxylation is 6. The van der Waals surface area contributed by atoms with E-state index in [1.165, 1.54) is 49.8 Å². The molecule has 0 heterocycles. The maximum atomic E-state index is 3.39. The van der Waals surface area contributed by atoms with Crippen molar-refractivity contribution in [2.24, 2.45) is 0 Å². The molecule has 29 heavy (non-hydrogen) atoms. The third-order valence-electron chi connectivity index (χ3n) is 5.99. The summed E-state index contributed by atoms with van der Waals surface area (Å²) >= 11 is 0. The van der Waals surface area contributed by atoms with E-state index < -0.39 is 0 Å². The maximum Gasteiger partial charge on any atom is 0.242 e. The van der Waals surface area contributed by atoms with Crippen LogP contribution >= 0.6 is 0 Å². The molecule has 0 fully saturated rings. The molecule has 0 aliphatic carbocycles. The zero-order valence-corrected chi connectivity index (χ0v) is 18.3. The van der Waals surface area contributed by atoms with Gasteiger partial charge in [-0.25, -0.2) is 0 Å². The Hall–Kier alpha value is -2.80. The van der Waals surface area contributed by atoms with Gasteiger partial charge in [-0.3, -0.25) is 0 Å². The highest BCUT2D eigenvalue weighted by atomic mass is 14.1. The van der Waals surface area contributed by atoms with Crippen LogP contribution in [-0.2, 0) is 0 Å². The predicted octanol–water partition coefficient (Wildman–Crippen LogP) is 4.81. The molecule has 0 nitrogen and oxygen atoms in total. The quantitative estimate of drug-likeness (QED) is 0.452. The number of hydrogen-bond acceptors (Lipinski definition) is 0. The topological polar surface area (TPSA) is 0 Å². The van der Waals surface area contributed by atoms with Crippen LogP contribution < -0.4 is 16.4 Å². The molecule has 0 bridgehead atoms. The fourth-order valence-electron chi connectivity index (χ4n) is 5.02. The second-order valence-electron chi connectivity index (χ2n) is 8.48. The van der Waals surface area contributed by atoms with Crippen LogP contribution in [-0.4, -0.2) is 6.71 Å². The molecular weight excluding hydrogens is 347 g/mol. The van der Waals surface area contributed by atoms with Gasteiger partial charge in [0.25, 0.3) is 0 Å². The standard InChI is InChI=1S/C28H27B/c1-18-13-20(3)27(21(4)14-18)29(28-22(5)15-19(2)16-23(28)6)26-12-11-24-9-7-8-10-25(24)17-26/h7-8,11-17H,1-6H3. The van der Waals surface area contributed by atoms with E-state index in [1.54, 1.807) is 0 Å². The highest BCUT2D eigenvalue weighted by molar-refractivity contribution is 6.96. The van der Waals surface area contributed by atoms with Crippen molar-refractivity contribution in [2.75, 3.05) is 0 Å². The summed E-state index contributed by atoms with van der Waals surface area (Å²) in [6.45, 7) is 13.6. The van der Waals surface area contributed by atoms with Crippen molar-refractivity contribution < 1.29 is 0 Å². The largest absolute Gasteiger partial charge is 0.242 e. The van der Waals surface area contributed by atoms with Crippen LogP contribution in [0.25, 0.3) is 10.8 Å². The molecule has 0 N–H and O–H groups in total. The molecule has 0 spiro atoms. The van der Waals surface area contributed by atoms with Crippen LogP contribution in [0.5, 0.6) is 0 Å². The molecule has 2 radical (unpaired) electrons. The van der Waals surface area contributed by atoms with Gasteiger partial charge in [0.2, 0.25) is 6.71 Å². The highest BCUT2D eigenvalue weighted by Crippen LogP contribution is 2.15. The molecule has 0 amide bonds. The van der Waals surface area contributed by atoms with Crippen LogP contribution in [0, 0.1) is 53.7 Å². The summed E-state index contributed by atoms with van der Waals surface area (Å²) in [7, 11) is 0. The minimum atomic E-state index is 0.203. The van der Waals surface area contributed by atoms with E-state index in [9.17, 15) is 0 Å². The van der Waals surface area contributed by atoms with Crippen molar-refractivity contribution in [1.82, 2.24) is 0 Å². The smallest absolute Gasteiger partial charge is 0.0680 e. The van der Waals surface area contributed by atoms with Gasteiger partial charge in [-0.05, 0) is 64.4 Å². The van der Waals surface area contributed by atoms with E-state index in [-0.39, 0.29) is 6.71 Å². The van der Waals surface area contributed by atoms with Crippen molar-refractivity contribution in [2.45, 2.75) is 41.5 Å². The number of fused-ring (bicyclic) bond motifs is 1. The zero-order valence-electron chi connectivity index (χ0n) is 18.3. The van der Waals surface area contributed by atoms with Crippen LogP contribution in [0.3, 0.4) is 0 Å². The van der Waals surface area contributed by atoms with Crippen LogP contribution in [0.15, 0.2) is 54.6 Å². The van der Waals surface area contributed by atoms with E-state index in [0.29, 0.717) is 0 Å². The Morgan fingerprint density at radius 1 is 0.552 bits per heavy atom. The van der Waals surface area contributed by atoms with E-state index in [2.05, 4.69) is 96.1 Å². The molecule has 0 unspecified atom stereocenters. The lowest BCUT2D eigenvalue weighted by Crippen LogP contribution is -2.55. The van der Waals surface area contributed by atoms with Crippen molar-refractivity contribution in [3.63, 3.8) is 0 Å². The average Bonchev–Trinajstić information content (AvgIpc) is 2.65. The normalized spacial score (nSPS) is 11.1. The van der Waals surface area contributed by atoms with Crippen LogP contribution in [0.1, 0.15) is 33.4 Å². The Balaban J connectivity index is 2.05. The molecule has 4 rings (SSSR count). The fraction of sp³-hybridized carbons (Fsp3) is 0.214. The number of hydrogen-bond donors (Lipinski definition) is 0. The van der Waals surface area contributed by atoms with Crippen molar-refractivity contribution in [3.8, 4) is 0 Å². The molecule has 4 aromatic rings. The van der Waals surface area contributed by atoms with Gasteiger partial charge in [0.05, 0.1) is 0 Å². The zero-order chi connectivity index (χ0) is 20.7. The Morgan fingerprint density at radius 3 is 1.48 bits per heavy atom. The average molecular weight is 374 g/mol. The first-order chi connectivity index (χ1) is 13.8. The predicted molar refractivity (Wildman–Crippen MR) is 128 cm³/mol. The van der Waals surface area contributed by atoms with Gasteiger partial charge in [0.1, 0.15) is 0 Å². The first-order valence-corrected chi connectivity index (χ1v) is 10.3. The number of rotatable bonds is 3. The summed E-state index contributed by atoms with van der Waals surface area (Å²) in [4.78, 5) is 0. The van der Waals surface area contributed by atoms with Gasteiger partial charge in [0, 0.05) is 0 Å². The van der Waals surface area contributed by atoms with E-state index >= 15 is 0 Å². The molecule has 4 aromatic carbocycles. The van der Waals surface area contributed by atoms with Crippen LogP contribution in [0.2, 0.25) is 0 Å². The summed E-state index contributed by atoms with van der Waals surface area (Å²) in [5.41, 5.74) is 12.2. The van der Waals surface area contributed by atoms with E-state index in [1.807, 2.05) is 12.1 Å². The Bertz CT molecular complexity index is 1110. The second kappa shape index (κ2) is 7.56. The molecule has 0 saturated heterocycles. The molecule has 1 heteroatoms. The van der Waals surface area contributed by atoms with E-state index in [4.69, 9.17) is 0 Å². The SMILES string of the molecule is Cc1cc(C)c(B(c2ccc3[c]cc[c]c3c2)c2c(C)cc(C)cc2C)c(C)c1. The second-order valence-corrected chi connectivity index (χ2v) is 8.48. The Kier molecular flexibility index (Phi) is 5.09. The molecular formula is C28H27B. The van der Waals surface area contributed by atoms with Crippen LogP contribution in [0.4, 0.5) is 0 Å². The van der Waals surface area contributed by atoms with Gasteiger partial charge in [-0.1, -0.05) is 104 Å². The summed E-state index contributed by atoms with van der Waals surface area (Å²) < 4.78 is 0. The van der Waals surface area contributed by atoms with Gasteiger partial charge in [-0.15, -0.1) is 0 Å². The summed E-state index contributed by atoms with van der Waals surface area (Å²) in [6.07, 6.45) is 0. The Labute approximate surface area is 175 Å². The minimum absolute atomic E-state index is 0.203. The van der Waals surface area contributed by atoms with Crippen molar-refractivity contribution >= 4 is 33.9 Å². The van der Waals surface area contributed by atoms with Crippen molar-refractivity contribution in [1.29, 1.82) is 0 Å². The first-order valence-electron chi connectivity index (χ1n) is 10.3. The lowest BCUT2D eigenvalue weighted by Gasteiger charge is -2.25. The fourth-order valence-corrected chi connectivity index (χ4v) is 5.02. The molecule has 0 saturated carbocycles. The number of benzene rings is 4. The van der Waals surface area contributed by atoms with Gasteiger partial charge in [0.15, 0.2) is 0 Å². The molecule has 0 atom stereocenters. The third kappa shape index (κ3) is 3.62. The summed E-state index contributed by atoms with van der Waals surface area (Å²) in [5.74, 6) is 0.